The lowest BCUT2D eigenvalue weighted by atomic mass is 9.46. The molecule has 0 aromatic rings. The van der Waals surface area contributed by atoms with E-state index in [0.29, 0.717) is 6.54 Å². The summed E-state index contributed by atoms with van der Waals surface area (Å²) in [5.74, 6) is -5.14. The molecule has 0 heterocycles. The lowest BCUT2D eigenvalue weighted by Gasteiger charge is -2.49. The number of hydrogen-bond acceptors (Lipinski definition) is 3. The van der Waals surface area contributed by atoms with E-state index in [1.165, 1.54) is 0 Å². The van der Waals surface area contributed by atoms with Crippen molar-refractivity contribution in [2.75, 3.05) is 20.6 Å². The van der Waals surface area contributed by atoms with E-state index < -0.39 is 47.2 Å². The topological polar surface area (TPSA) is 77.8 Å². The second-order valence-electron chi connectivity index (χ2n) is 11.1. The molecule has 0 bridgehead atoms. The molecule has 158 valence electrons. The molecule has 0 fully saturated rings. The Morgan fingerprint density at radius 1 is 0.929 bits per heavy atom. The van der Waals surface area contributed by atoms with Gasteiger partial charge in [-0.1, -0.05) is 60.1 Å². The Morgan fingerprint density at radius 3 is 1.71 bits per heavy atom. The maximum Gasteiger partial charge on any atom is 0.307 e. The van der Waals surface area contributed by atoms with Crippen LogP contribution >= 0.6 is 0 Å². The Balaban J connectivity index is 6.15. The molecule has 0 aliphatic carbocycles. The average molecular weight is 391 g/mol. The second kappa shape index (κ2) is 9.69. The maximum atomic E-state index is 12.0. The molecule has 0 saturated heterocycles. The smallest absolute Gasteiger partial charge is 0.307 e. The second-order valence-corrected chi connectivity index (χ2v) is 11.1. The molecule has 0 spiro atoms. The lowest BCUT2D eigenvalue weighted by Crippen LogP contribution is -2.46. The first kappa shape index (κ1) is 27.0. The van der Waals surface area contributed by atoms with Gasteiger partial charge in [0.25, 0.3) is 0 Å². The summed E-state index contributed by atoms with van der Waals surface area (Å²) < 4.78 is 0. The number of hydrogen-bond donors (Lipinski definition) is 2. The van der Waals surface area contributed by atoms with Gasteiger partial charge in [-0.15, -0.1) is 0 Å². The molecular weight excluding hydrogens is 352 g/mol. The molecule has 4 unspecified atom stereocenters. The van der Waals surface area contributed by atoms with Gasteiger partial charge in [0.15, 0.2) is 0 Å². The van der Waals surface area contributed by atoms with Crippen LogP contribution in [0.1, 0.15) is 61.3 Å². The Bertz CT molecular complexity index is 541. The van der Waals surface area contributed by atoms with Crippen molar-refractivity contribution in [1.29, 1.82) is 0 Å². The van der Waals surface area contributed by atoms with Crippen LogP contribution in [-0.4, -0.2) is 63.4 Å². The van der Waals surface area contributed by atoms with Crippen LogP contribution in [0.25, 0.3) is 0 Å². The van der Waals surface area contributed by atoms with Crippen LogP contribution in [0.3, 0.4) is 0 Å². The van der Waals surface area contributed by atoms with Gasteiger partial charge in [0.05, 0.1) is 28.0 Å². The summed E-state index contributed by atoms with van der Waals surface area (Å²) in [5.41, 5.74) is -0.851. The number of nitrogens with zero attached hydrogens (tertiary/aromatic N) is 1. The van der Waals surface area contributed by atoms with Gasteiger partial charge < -0.3 is 15.1 Å². The van der Waals surface area contributed by atoms with Crippen LogP contribution in [0.2, 0.25) is 11.6 Å². The number of aliphatic carboxylic acids is 2. The predicted octanol–water partition coefficient (Wildman–Crippen LogP) is 3.74. The Labute approximate surface area is 174 Å². The minimum absolute atomic E-state index is 0.0305. The van der Waals surface area contributed by atoms with Gasteiger partial charge in [-0.05, 0) is 42.7 Å². The zero-order valence-electron chi connectivity index (χ0n) is 19.2. The van der Waals surface area contributed by atoms with Crippen molar-refractivity contribution in [3.63, 3.8) is 0 Å². The summed E-state index contributed by atoms with van der Waals surface area (Å²) in [6.45, 7) is 14.9. The molecule has 0 rings (SSSR count). The summed E-state index contributed by atoms with van der Waals surface area (Å²) in [6, 6.07) is 0. The highest BCUT2D eigenvalue weighted by Gasteiger charge is 2.47. The van der Waals surface area contributed by atoms with E-state index in [-0.39, 0.29) is 10.8 Å². The molecular formula is C21H39B2NO4. The third-order valence-electron chi connectivity index (χ3n) is 5.49. The third-order valence-corrected chi connectivity index (χ3v) is 5.49. The van der Waals surface area contributed by atoms with Crippen LogP contribution in [0.15, 0.2) is 0 Å². The van der Waals surface area contributed by atoms with Crippen LogP contribution in [0.4, 0.5) is 0 Å². The van der Waals surface area contributed by atoms with Crippen molar-refractivity contribution in [3.05, 3.63) is 0 Å². The molecule has 0 aromatic heterocycles. The minimum Gasteiger partial charge on any atom is -0.481 e. The highest BCUT2D eigenvalue weighted by Crippen LogP contribution is 2.53. The van der Waals surface area contributed by atoms with Crippen molar-refractivity contribution < 1.29 is 19.8 Å². The van der Waals surface area contributed by atoms with E-state index in [2.05, 4.69) is 20.8 Å². The van der Waals surface area contributed by atoms with Gasteiger partial charge in [0.1, 0.15) is 0 Å². The van der Waals surface area contributed by atoms with Gasteiger partial charge in [-0.25, -0.2) is 0 Å². The van der Waals surface area contributed by atoms with Gasteiger partial charge in [0.2, 0.25) is 0 Å². The molecule has 0 amide bonds. The van der Waals surface area contributed by atoms with Crippen LogP contribution in [-0.2, 0) is 9.59 Å². The van der Waals surface area contributed by atoms with Gasteiger partial charge >= 0.3 is 11.9 Å². The molecule has 0 saturated carbocycles. The van der Waals surface area contributed by atoms with Crippen molar-refractivity contribution in [1.82, 2.24) is 4.90 Å². The molecule has 7 heteroatoms. The summed E-state index contributed by atoms with van der Waals surface area (Å²) in [4.78, 5) is 25.4. The Kier molecular flexibility index (Phi) is 9.35. The zero-order valence-corrected chi connectivity index (χ0v) is 19.2. The molecule has 5 nitrogen and oxygen atoms in total. The number of carboxylic acids is 2. The van der Waals surface area contributed by atoms with Crippen molar-refractivity contribution in [2.24, 2.45) is 28.1 Å². The summed E-state index contributed by atoms with van der Waals surface area (Å²) >= 11 is 0. The highest BCUT2D eigenvalue weighted by atomic mass is 16.4. The SMILES string of the molecule is [B]C(C([B])C(C)(C)CC(C)(C)C)C(C(CC(=O)O)C(=O)O)C(C)(C)CN(C)C. The number of carboxylic acid groups (broad SMARTS) is 2. The van der Waals surface area contributed by atoms with Crippen LogP contribution in [0, 0.1) is 28.1 Å². The predicted molar refractivity (Wildman–Crippen MR) is 116 cm³/mol. The number of rotatable bonds is 11. The van der Waals surface area contributed by atoms with E-state index >= 15 is 0 Å². The van der Waals surface area contributed by atoms with E-state index in [9.17, 15) is 19.8 Å². The fourth-order valence-electron chi connectivity index (χ4n) is 5.04. The van der Waals surface area contributed by atoms with Gasteiger partial charge in [-0.2, -0.15) is 0 Å². The number of carbonyl (C=O) groups is 2. The average Bonchev–Trinajstić information content (AvgIpc) is 2.40. The first-order chi connectivity index (χ1) is 12.3. The van der Waals surface area contributed by atoms with Gasteiger partial charge in [-0.3, -0.25) is 9.59 Å². The molecule has 4 atom stereocenters. The van der Waals surface area contributed by atoms with Crippen molar-refractivity contribution in [3.8, 4) is 0 Å². The standard InChI is InChI=1S/C21H39B2NO4/c1-19(2,3)11-20(4,5)17(23)16(22)15(21(6,7)12-24(8)9)13(18(27)28)10-14(25)26/h13,15-17H,10-12H2,1-9H3,(H,25,26)(H,27,28). The van der Waals surface area contributed by atoms with E-state index in [0.717, 1.165) is 6.42 Å². The monoisotopic (exact) mass is 391 g/mol. The molecule has 0 aliphatic rings. The van der Waals surface area contributed by atoms with Crippen LogP contribution in [0.5, 0.6) is 0 Å². The lowest BCUT2D eigenvalue weighted by molar-refractivity contribution is -0.152. The fourth-order valence-corrected chi connectivity index (χ4v) is 5.04. The van der Waals surface area contributed by atoms with Crippen molar-refractivity contribution in [2.45, 2.75) is 72.9 Å². The Morgan fingerprint density at radius 2 is 1.39 bits per heavy atom. The van der Waals surface area contributed by atoms with E-state index in [4.69, 9.17) is 15.7 Å². The highest BCUT2D eigenvalue weighted by molar-refractivity contribution is 6.22. The molecule has 0 aromatic carbocycles. The van der Waals surface area contributed by atoms with E-state index in [1.807, 2.05) is 46.7 Å². The van der Waals surface area contributed by atoms with Crippen molar-refractivity contribution >= 4 is 27.6 Å². The molecule has 2 N–H and O–H groups in total. The maximum absolute atomic E-state index is 12.0. The Hall–Kier alpha value is -0.970. The van der Waals surface area contributed by atoms with E-state index in [1.54, 1.807) is 0 Å². The summed E-state index contributed by atoms with van der Waals surface area (Å²) in [6.07, 6.45) is 0.337. The summed E-state index contributed by atoms with van der Waals surface area (Å²) in [7, 11) is 17.1. The summed E-state index contributed by atoms with van der Waals surface area (Å²) in [5, 5.41) is 19.2. The molecule has 0 aliphatic heterocycles. The van der Waals surface area contributed by atoms with Gasteiger partial charge in [0, 0.05) is 6.54 Å². The van der Waals surface area contributed by atoms with Crippen LogP contribution < -0.4 is 0 Å². The molecule has 4 radical (unpaired) electrons. The fraction of sp³-hybridized carbons (Fsp3) is 0.905. The third kappa shape index (κ3) is 8.18. The largest absolute Gasteiger partial charge is 0.481 e. The quantitative estimate of drug-likeness (QED) is 0.525. The first-order valence-corrected chi connectivity index (χ1v) is 9.92. The zero-order chi connectivity index (χ0) is 22.7. The minimum atomic E-state index is -1.15. The molecule has 28 heavy (non-hydrogen) atoms. The normalized spacial score (nSPS) is 17.8. The first-order valence-electron chi connectivity index (χ1n) is 9.92.